The SMILES string of the molecule is CC(C)(C)OC(=O)C1=CN=NC1=O. The molecule has 0 aromatic rings. The van der Waals surface area contributed by atoms with Crippen LogP contribution >= 0.6 is 0 Å². The number of amides is 1. The van der Waals surface area contributed by atoms with Gasteiger partial charge in [-0.25, -0.2) is 4.79 Å². The van der Waals surface area contributed by atoms with E-state index in [1.807, 2.05) is 0 Å². The molecule has 0 saturated heterocycles. The second-order valence-corrected chi connectivity index (χ2v) is 3.57. The average Bonchev–Trinajstić information content (AvgIpc) is 2.30. The maximum Gasteiger partial charge on any atom is 0.346 e. The van der Waals surface area contributed by atoms with Crippen molar-refractivity contribution < 1.29 is 14.3 Å². The van der Waals surface area contributed by atoms with E-state index >= 15 is 0 Å². The van der Waals surface area contributed by atoms with E-state index < -0.39 is 17.5 Å². The molecule has 0 radical (unpaired) electrons. The summed E-state index contributed by atoms with van der Waals surface area (Å²) < 4.78 is 4.94. The monoisotopic (exact) mass is 182 g/mol. The average molecular weight is 182 g/mol. The van der Waals surface area contributed by atoms with E-state index in [0.717, 1.165) is 6.20 Å². The summed E-state index contributed by atoms with van der Waals surface area (Å²) in [6.07, 6.45) is 1.11. The van der Waals surface area contributed by atoms with Gasteiger partial charge in [0.25, 0.3) is 0 Å². The highest BCUT2D eigenvalue weighted by atomic mass is 16.6. The molecule has 0 saturated carbocycles. The Kier molecular flexibility index (Phi) is 2.27. The van der Waals surface area contributed by atoms with E-state index in [-0.39, 0.29) is 5.57 Å². The summed E-state index contributed by atoms with van der Waals surface area (Å²) >= 11 is 0. The quantitative estimate of drug-likeness (QED) is 0.452. The molecule has 13 heavy (non-hydrogen) atoms. The van der Waals surface area contributed by atoms with Crippen molar-refractivity contribution in [3.8, 4) is 0 Å². The van der Waals surface area contributed by atoms with Crippen molar-refractivity contribution in [1.29, 1.82) is 0 Å². The second-order valence-electron chi connectivity index (χ2n) is 3.57. The molecule has 0 aliphatic carbocycles. The van der Waals surface area contributed by atoms with Crippen LogP contribution in [0.25, 0.3) is 0 Å². The van der Waals surface area contributed by atoms with Crippen LogP contribution in [0.5, 0.6) is 0 Å². The van der Waals surface area contributed by atoms with Gasteiger partial charge in [-0.3, -0.25) is 4.79 Å². The van der Waals surface area contributed by atoms with Gasteiger partial charge in [0.05, 0.1) is 6.20 Å². The van der Waals surface area contributed by atoms with E-state index in [1.165, 1.54) is 0 Å². The van der Waals surface area contributed by atoms with Gasteiger partial charge in [-0.05, 0) is 20.8 Å². The fourth-order valence-corrected chi connectivity index (χ4v) is 0.721. The molecule has 0 aromatic carbocycles. The molecule has 1 aliphatic heterocycles. The molecule has 1 aliphatic rings. The Hall–Kier alpha value is -1.52. The van der Waals surface area contributed by atoms with Gasteiger partial charge < -0.3 is 4.74 Å². The zero-order valence-electron chi connectivity index (χ0n) is 7.70. The minimum absolute atomic E-state index is 0.116. The number of nitrogens with zero attached hydrogens (tertiary/aromatic N) is 2. The summed E-state index contributed by atoms with van der Waals surface area (Å²) in [5, 5.41) is 6.47. The number of carbonyl (C=O) groups excluding carboxylic acids is 2. The highest BCUT2D eigenvalue weighted by Gasteiger charge is 2.26. The molecule has 70 valence electrons. The third-order valence-corrected chi connectivity index (χ3v) is 1.18. The summed E-state index contributed by atoms with van der Waals surface area (Å²) in [5.41, 5.74) is -0.726. The molecule has 0 bridgehead atoms. The largest absolute Gasteiger partial charge is 0.456 e. The van der Waals surface area contributed by atoms with Gasteiger partial charge >= 0.3 is 11.9 Å². The van der Waals surface area contributed by atoms with E-state index in [2.05, 4.69) is 10.2 Å². The molecule has 1 heterocycles. The van der Waals surface area contributed by atoms with Crippen LogP contribution in [0.2, 0.25) is 0 Å². The molecule has 0 unspecified atom stereocenters. The van der Waals surface area contributed by atoms with Gasteiger partial charge in [-0.15, -0.1) is 5.11 Å². The number of esters is 1. The molecule has 0 atom stereocenters. The lowest BCUT2D eigenvalue weighted by molar-refractivity contribution is -0.150. The summed E-state index contributed by atoms with van der Waals surface area (Å²) in [6.45, 7) is 5.16. The Morgan fingerprint density at radius 1 is 1.46 bits per heavy atom. The van der Waals surface area contributed by atoms with Crippen LogP contribution in [0.1, 0.15) is 20.8 Å². The molecule has 1 rings (SSSR count). The predicted octanol–water partition coefficient (Wildman–Crippen LogP) is 1.20. The maximum atomic E-state index is 11.2. The lowest BCUT2D eigenvalue weighted by Crippen LogP contribution is -2.26. The van der Waals surface area contributed by atoms with Crippen LogP contribution in [0, 0.1) is 0 Å². The van der Waals surface area contributed by atoms with Crippen molar-refractivity contribution in [2.45, 2.75) is 26.4 Å². The Bertz CT molecular complexity index is 310. The van der Waals surface area contributed by atoms with E-state index in [4.69, 9.17) is 4.74 Å². The van der Waals surface area contributed by atoms with Gasteiger partial charge in [0.15, 0.2) is 0 Å². The summed E-state index contributed by atoms with van der Waals surface area (Å²) in [6, 6.07) is 0. The van der Waals surface area contributed by atoms with E-state index in [1.54, 1.807) is 20.8 Å². The normalized spacial score (nSPS) is 15.9. The van der Waals surface area contributed by atoms with Gasteiger partial charge in [0.2, 0.25) is 0 Å². The maximum absolute atomic E-state index is 11.2. The molecular weight excluding hydrogens is 172 g/mol. The Balaban J connectivity index is 2.66. The van der Waals surface area contributed by atoms with Crippen LogP contribution in [0.15, 0.2) is 22.0 Å². The Morgan fingerprint density at radius 3 is 2.46 bits per heavy atom. The lowest BCUT2D eigenvalue weighted by Gasteiger charge is -2.18. The van der Waals surface area contributed by atoms with Crippen LogP contribution < -0.4 is 0 Å². The van der Waals surface area contributed by atoms with Crippen molar-refractivity contribution in [3.63, 3.8) is 0 Å². The Labute approximate surface area is 75.5 Å². The van der Waals surface area contributed by atoms with Crippen LogP contribution in [0.4, 0.5) is 0 Å². The zero-order chi connectivity index (χ0) is 10.1. The van der Waals surface area contributed by atoms with Gasteiger partial charge in [0, 0.05) is 0 Å². The zero-order valence-corrected chi connectivity index (χ0v) is 7.70. The number of hydrogen-bond donors (Lipinski definition) is 0. The molecule has 0 spiro atoms. The van der Waals surface area contributed by atoms with Crippen molar-refractivity contribution in [2.75, 3.05) is 0 Å². The van der Waals surface area contributed by atoms with E-state index in [0.29, 0.717) is 0 Å². The van der Waals surface area contributed by atoms with Crippen molar-refractivity contribution in [1.82, 2.24) is 0 Å². The first-order chi connectivity index (χ1) is 5.90. The lowest BCUT2D eigenvalue weighted by atomic mass is 10.2. The molecule has 0 N–H and O–H groups in total. The van der Waals surface area contributed by atoms with Crippen molar-refractivity contribution in [3.05, 3.63) is 11.8 Å². The summed E-state index contributed by atoms with van der Waals surface area (Å²) in [5.74, 6) is -1.32. The van der Waals surface area contributed by atoms with E-state index in [9.17, 15) is 9.59 Å². The fourth-order valence-electron chi connectivity index (χ4n) is 0.721. The topological polar surface area (TPSA) is 68.1 Å². The molecule has 0 fully saturated rings. The highest BCUT2D eigenvalue weighted by Crippen LogP contribution is 2.14. The van der Waals surface area contributed by atoms with Gasteiger partial charge in [-0.2, -0.15) is 5.11 Å². The highest BCUT2D eigenvalue weighted by molar-refractivity contribution is 6.17. The van der Waals surface area contributed by atoms with Gasteiger partial charge in [-0.1, -0.05) is 0 Å². The minimum Gasteiger partial charge on any atom is -0.456 e. The minimum atomic E-state index is -0.678. The number of ether oxygens (including phenoxy) is 1. The van der Waals surface area contributed by atoms with Crippen molar-refractivity contribution >= 4 is 11.9 Å². The van der Waals surface area contributed by atoms with Crippen molar-refractivity contribution in [2.24, 2.45) is 10.2 Å². The standard InChI is InChI=1S/C8H10N2O3/c1-8(2,3)13-7(12)5-4-9-10-6(5)11/h4H,1-3H3. The number of rotatable bonds is 1. The first kappa shape index (κ1) is 9.57. The fraction of sp³-hybridized carbons (Fsp3) is 0.500. The number of hydrogen-bond acceptors (Lipinski definition) is 4. The second kappa shape index (κ2) is 3.08. The molecule has 5 nitrogen and oxygen atoms in total. The summed E-state index contributed by atoms with van der Waals surface area (Å²) in [4.78, 5) is 22.1. The third kappa shape index (κ3) is 2.47. The predicted molar refractivity (Wildman–Crippen MR) is 43.8 cm³/mol. The molecule has 1 amide bonds. The van der Waals surface area contributed by atoms with Crippen LogP contribution in [-0.2, 0) is 14.3 Å². The first-order valence-corrected chi connectivity index (χ1v) is 3.79. The third-order valence-electron chi connectivity index (χ3n) is 1.18. The summed E-state index contributed by atoms with van der Waals surface area (Å²) in [7, 11) is 0. The molecule has 5 heteroatoms. The molecule has 0 aromatic heterocycles. The molecular formula is C8H10N2O3. The van der Waals surface area contributed by atoms with Crippen LogP contribution in [-0.4, -0.2) is 17.5 Å². The number of carbonyl (C=O) groups is 2. The Morgan fingerprint density at radius 2 is 2.08 bits per heavy atom. The smallest absolute Gasteiger partial charge is 0.346 e. The van der Waals surface area contributed by atoms with Gasteiger partial charge in [0.1, 0.15) is 11.2 Å². The van der Waals surface area contributed by atoms with Crippen LogP contribution in [0.3, 0.4) is 0 Å². The first-order valence-electron chi connectivity index (χ1n) is 3.79. The number of azo groups is 1.